The number of rotatable bonds is 7. The summed E-state index contributed by atoms with van der Waals surface area (Å²) in [5.74, 6) is -0.221. The Morgan fingerprint density at radius 1 is 1.32 bits per heavy atom. The minimum Gasteiger partial charge on any atom is -0.335 e. The van der Waals surface area contributed by atoms with Gasteiger partial charge in [0.15, 0.2) is 0 Å². The first-order valence-corrected chi connectivity index (χ1v) is 7.90. The van der Waals surface area contributed by atoms with Crippen LogP contribution < -0.4 is 10.6 Å². The minimum absolute atomic E-state index is 0.0502. The van der Waals surface area contributed by atoms with Crippen molar-refractivity contribution in [3.8, 4) is 0 Å². The summed E-state index contributed by atoms with van der Waals surface area (Å²) in [6, 6.07) is 7.95. The van der Waals surface area contributed by atoms with Crippen molar-refractivity contribution in [2.75, 3.05) is 18.9 Å². The molecule has 1 aliphatic carbocycles. The Morgan fingerprint density at radius 2 is 2.00 bits per heavy atom. The van der Waals surface area contributed by atoms with E-state index >= 15 is 0 Å². The summed E-state index contributed by atoms with van der Waals surface area (Å²) < 4.78 is 0. The van der Waals surface area contributed by atoms with Crippen LogP contribution in [0.4, 0.5) is 5.69 Å². The molecule has 22 heavy (non-hydrogen) atoms. The number of benzene rings is 1. The number of anilines is 1. The van der Waals surface area contributed by atoms with E-state index in [-0.39, 0.29) is 24.4 Å². The lowest BCUT2D eigenvalue weighted by Gasteiger charge is -2.22. The third kappa shape index (κ3) is 4.56. The average molecular weight is 303 g/mol. The van der Waals surface area contributed by atoms with E-state index in [2.05, 4.69) is 10.6 Å². The van der Waals surface area contributed by atoms with Crippen molar-refractivity contribution in [1.29, 1.82) is 0 Å². The van der Waals surface area contributed by atoms with Gasteiger partial charge in [-0.3, -0.25) is 9.59 Å². The molecule has 1 aliphatic rings. The summed E-state index contributed by atoms with van der Waals surface area (Å²) in [6.45, 7) is 3.96. The normalized spacial score (nSPS) is 15.2. The van der Waals surface area contributed by atoms with Gasteiger partial charge in [-0.15, -0.1) is 0 Å². The quantitative estimate of drug-likeness (QED) is 0.807. The molecule has 1 fully saturated rings. The van der Waals surface area contributed by atoms with E-state index in [0.29, 0.717) is 6.04 Å². The van der Waals surface area contributed by atoms with Crippen LogP contribution in [-0.4, -0.2) is 42.4 Å². The van der Waals surface area contributed by atoms with Crippen molar-refractivity contribution < 1.29 is 9.59 Å². The van der Waals surface area contributed by atoms with Crippen molar-refractivity contribution >= 4 is 17.5 Å². The van der Waals surface area contributed by atoms with E-state index in [1.165, 1.54) is 4.90 Å². The molecule has 2 N–H and O–H groups in total. The Balaban J connectivity index is 1.86. The zero-order valence-corrected chi connectivity index (χ0v) is 13.6. The molecule has 0 saturated heterocycles. The lowest BCUT2D eigenvalue weighted by molar-refractivity contribution is -0.134. The van der Waals surface area contributed by atoms with Gasteiger partial charge in [0.1, 0.15) is 0 Å². The van der Waals surface area contributed by atoms with Gasteiger partial charge < -0.3 is 15.5 Å². The number of hydrogen-bond donors (Lipinski definition) is 2. The van der Waals surface area contributed by atoms with Crippen LogP contribution in [-0.2, 0) is 16.0 Å². The van der Waals surface area contributed by atoms with Gasteiger partial charge in [0.05, 0.1) is 12.6 Å². The van der Waals surface area contributed by atoms with Crippen LogP contribution >= 0.6 is 0 Å². The standard InChI is InChI=1S/C17H25N3O2/c1-4-13-7-5-6-8-15(13)19-16(21)11-20(3)17(22)12(2)18-14-9-10-14/h5-8,12,14,18H,4,9-11H2,1-3H3,(H,19,21). The number of aryl methyl sites for hydroxylation is 1. The summed E-state index contributed by atoms with van der Waals surface area (Å²) in [7, 11) is 1.67. The average Bonchev–Trinajstić information content (AvgIpc) is 3.30. The third-order valence-electron chi connectivity index (χ3n) is 3.86. The van der Waals surface area contributed by atoms with Gasteiger partial charge in [-0.05, 0) is 37.8 Å². The molecular weight excluding hydrogens is 278 g/mol. The van der Waals surface area contributed by atoms with Gasteiger partial charge in [0.2, 0.25) is 11.8 Å². The van der Waals surface area contributed by atoms with Gasteiger partial charge >= 0.3 is 0 Å². The molecule has 1 unspecified atom stereocenters. The monoisotopic (exact) mass is 303 g/mol. The van der Waals surface area contributed by atoms with Crippen LogP contribution in [0.3, 0.4) is 0 Å². The summed E-state index contributed by atoms with van der Waals surface area (Å²) in [5, 5.41) is 6.14. The Labute approximate surface area is 132 Å². The Kier molecular flexibility index (Phi) is 5.55. The first-order valence-electron chi connectivity index (χ1n) is 7.90. The molecule has 0 aromatic heterocycles. The van der Waals surface area contributed by atoms with Gasteiger partial charge in [0.25, 0.3) is 0 Å². The van der Waals surface area contributed by atoms with Crippen molar-refractivity contribution in [2.24, 2.45) is 0 Å². The molecule has 1 aromatic rings. The Hall–Kier alpha value is -1.88. The summed E-state index contributed by atoms with van der Waals surface area (Å²) in [4.78, 5) is 25.8. The SMILES string of the molecule is CCc1ccccc1NC(=O)CN(C)C(=O)C(C)NC1CC1. The van der Waals surface area contributed by atoms with E-state index in [1.54, 1.807) is 7.05 Å². The van der Waals surface area contributed by atoms with Crippen LogP contribution in [0, 0.1) is 0 Å². The highest BCUT2D eigenvalue weighted by molar-refractivity contribution is 5.95. The molecule has 0 bridgehead atoms. The molecule has 1 saturated carbocycles. The first kappa shape index (κ1) is 16.5. The van der Waals surface area contributed by atoms with Crippen LogP contribution in [0.2, 0.25) is 0 Å². The van der Waals surface area contributed by atoms with Crippen LogP contribution in [0.1, 0.15) is 32.3 Å². The molecule has 2 rings (SSSR count). The predicted octanol–water partition coefficient (Wildman–Crippen LogP) is 1.79. The van der Waals surface area contributed by atoms with Gasteiger partial charge in [-0.1, -0.05) is 25.1 Å². The third-order valence-corrected chi connectivity index (χ3v) is 3.86. The summed E-state index contributed by atoms with van der Waals surface area (Å²) in [6.07, 6.45) is 3.12. The maximum Gasteiger partial charge on any atom is 0.243 e. The van der Waals surface area contributed by atoms with Crippen LogP contribution in [0.5, 0.6) is 0 Å². The number of amides is 2. The van der Waals surface area contributed by atoms with E-state index in [4.69, 9.17) is 0 Å². The molecule has 0 radical (unpaired) electrons. The lowest BCUT2D eigenvalue weighted by atomic mass is 10.1. The zero-order chi connectivity index (χ0) is 16.1. The lowest BCUT2D eigenvalue weighted by Crippen LogP contribution is -2.46. The fraction of sp³-hybridized carbons (Fsp3) is 0.529. The van der Waals surface area contributed by atoms with Crippen molar-refractivity contribution in [2.45, 2.75) is 45.2 Å². The van der Waals surface area contributed by atoms with Gasteiger partial charge in [-0.25, -0.2) is 0 Å². The number of likely N-dealkylation sites (N-methyl/N-ethyl adjacent to an activating group) is 1. The fourth-order valence-electron chi connectivity index (χ4n) is 2.44. The number of carbonyl (C=O) groups is 2. The van der Waals surface area contributed by atoms with E-state index in [9.17, 15) is 9.59 Å². The zero-order valence-electron chi connectivity index (χ0n) is 13.6. The molecule has 5 nitrogen and oxygen atoms in total. The van der Waals surface area contributed by atoms with Crippen molar-refractivity contribution in [3.05, 3.63) is 29.8 Å². The highest BCUT2D eigenvalue weighted by atomic mass is 16.2. The minimum atomic E-state index is -0.242. The van der Waals surface area contributed by atoms with E-state index < -0.39 is 0 Å². The molecule has 0 heterocycles. The summed E-state index contributed by atoms with van der Waals surface area (Å²) >= 11 is 0. The van der Waals surface area contributed by atoms with E-state index in [0.717, 1.165) is 30.5 Å². The van der Waals surface area contributed by atoms with Gasteiger partial charge in [0, 0.05) is 18.8 Å². The molecule has 0 aliphatic heterocycles. The van der Waals surface area contributed by atoms with Crippen molar-refractivity contribution in [3.63, 3.8) is 0 Å². The maximum absolute atomic E-state index is 12.2. The second-order valence-electron chi connectivity index (χ2n) is 5.92. The van der Waals surface area contributed by atoms with Crippen molar-refractivity contribution in [1.82, 2.24) is 10.2 Å². The van der Waals surface area contributed by atoms with Crippen LogP contribution in [0.15, 0.2) is 24.3 Å². The van der Waals surface area contributed by atoms with E-state index in [1.807, 2.05) is 38.1 Å². The highest BCUT2D eigenvalue weighted by Gasteiger charge is 2.27. The fourth-order valence-corrected chi connectivity index (χ4v) is 2.44. The summed E-state index contributed by atoms with van der Waals surface area (Å²) in [5.41, 5.74) is 1.91. The molecule has 120 valence electrons. The maximum atomic E-state index is 12.2. The number of carbonyl (C=O) groups excluding carboxylic acids is 2. The Morgan fingerprint density at radius 3 is 2.64 bits per heavy atom. The number of nitrogens with one attached hydrogen (secondary N) is 2. The highest BCUT2D eigenvalue weighted by Crippen LogP contribution is 2.19. The predicted molar refractivity (Wildman–Crippen MR) is 87.7 cm³/mol. The number of nitrogens with zero attached hydrogens (tertiary/aromatic N) is 1. The second-order valence-corrected chi connectivity index (χ2v) is 5.92. The largest absolute Gasteiger partial charge is 0.335 e. The Bertz CT molecular complexity index is 540. The smallest absolute Gasteiger partial charge is 0.243 e. The first-order chi connectivity index (χ1) is 10.5. The molecule has 1 atom stereocenters. The second kappa shape index (κ2) is 7.40. The molecule has 5 heteroatoms. The van der Waals surface area contributed by atoms with Crippen LogP contribution in [0.25, 0.3) is 0 Å². The molecule has 0 spiro atoms. The molecular formula is C17H25N3O2. The molecule has 2 amide bonds. The molecule has 1 aromatic carbocycles. The topological polar surface area (TPSA) is 61.4 Å². The number of hydrogen-bond acceptors (Lipinski definition) is 3. The van der Waals surface area contributed by atoms with Gasteiger partial charge in [-0.2, -0.15) is 0 Å². The number of para-hydroxylation sites is 1.